The molecule has 1 aromatic carbocycles. The van der Waals surface area contributed by atoms with Gasteiger partial charge in [-0.1, -0.05) is 12.1 Å². The third-order valence-corrected chi connectivity index (χ3v) is 2.74. The number of halogens is 1. The zero-order chi connectivity index (χ0) is 13.3. The second-order valence-corrected chi connectivity index (χ2v) is 4.56. The second-order valence-electron chi connectivity index (χ2n) is 3.91. The molecule has 0 saturated carbocycles. The molecule has 94 valence electrons. The van der Waals surface area contributed by atoms with Gasteiger partial charge in [0.2, 0.25) is 5.89 Å². The minimum atomic E-state index is -0.420. The van der Waals surface area contributed by atoms with Crippen molar-refractivity contribution in [2.24, 2.45) is 0 Å². The molecule has 0 amide bonds. The summed E-state index contributed by atoms with van der Waals surface area (Å²) in [6, 6.07) is 5.06. The molecule has 0 aliphatic rings. The van der Waals surface area contributed by atoms with Crippen molar-refractivity contribution >= 4 is 17.3 Å². The van der Waals surface area contributed by atoms with Gasteiger partial charge in [-0.15, -0.1) is 11.6 Å². The number of para-hydroxylation sites is 1. The lowest BCUT2D eigenvalue weighted by Crippen LogP contribution is -1.94. The zero-order valence-electron chi connectivity index (χ0n) is 9.88. The summed E-state index contributed by atoms with van der Waals surface area (Å²) in [7, 11) is 0. The van der Waals surface area contributed by atoms with Crippen LogP contribution in [-0.2, 0) is 0 Å². The number of alkyl halides is 1. The van der Waals surface area contributed by atoms with E-state index in [1.165, 1.54) is 6.20 Å². The summed E-state index contributed by atoms with van der Waals surface area (Å²) in [5, 5.41) is 10.7. The fourth-order valence-corrected chi connectivity index (χ4v) is 1.80. The number of nitrogens with zero attached hydrogens (tertiary/aromatic N) is 2. The van der Waals surface area contributed by atoms with Crippen LogP contribution in [0.25, 0.3) is 11.3 Å². The molecule has 0 spiro atoms. The highest BCUT2D eigenvalue weighted by atomic mass is 35.5. The number of aromatic nitrogens is 1. The highest BCUT2D eigenvalue weighted by molar-refractivity contribution is 6.20. The Morgan fingerprint density at radius 3 is 2.78 bits per heavy atom. The van der Waals surface area contributed by atoms with Crippen molar-refractivity contribution in [1.82, 2.24) is 4.98 Å². The van der Waals surface area contributed by atoms with Gasteiger partial charge in [-0.05, 0) is 19.9 Å². The van der Waals surface area contributed by atoms with Crippen LogP contribution in [0, 0.1) is 17.0 Å². The molecule has 1 aromatic heterocycles. The summed E-state index contributed by atoms with van der Waals surface area (Å²) in [6.07, 6.45) is 1.45. The van der Waals surface area contributed by atoms with E-state index in [0.717, 1.165) is 0 Å². The van der Waals surface area contributed by atoms with Crippen molar-refractivity contribution in [2.75, 3.05) is 0 Å². The third kappa shape index (κ3) is 2.22. The Hall–Kier alpha value is -1.88. The summed E-state index contributed by atoms with van der Waals surface area (Å²) in [6.45, 7) is 3.41. The van der Waals surface area contributed by atoms with E-state index in [1.54, 1.807) is 32.0 Å². The summed E-state index contributed by atoms with van der Waals surface area (Å²) < 4.78 is 5.43. The molecule has 0 aliphatic carbocycles. The Morgan fingerprint density at radius 2 is 2.22 bits per heavy atom. The Balaban J connectivity index is 2.56. The fourth-order valence-electron chi connectivity index (χ4n) is 1.70. The van der Waals surface area contributed by atoms with Crippen LogP contribution in [-0.4, -0.2) is 9.91 Å². The predicted octanol–water partition coefficient (Wildman–Crippen LogP) is 3.86. The third-order valence-electron chi connectivity index (χ3n) is 2.55. The van der Waals surface area contributed by atoms with E-state index in [9.17, 15) is 10.1 Å². The van der Waals surface area contributed by atoms with E-state index in [2.05, 4.69) is 4.98 Å². The molecule has 2 rings (SSSR count). The Kier molecular flexibility index (Phi) is 3.34. The highest BCUT2D eigenvalue weighted by Crippen LogP contribution is 2.34. The summed E-state index contributed by atoms with van der Waals surface area (Å²) in [5.41, 5.74) is 1.02. The largest absolute Gasteiger partial charge is 0.439 e. The minimum Gasteiger partial charge on any atom is -0.439 e. The van der Waals surface area contributed by atoms with Crippen molar-refractivity contribution < 1.29 is 9.34 Å². The van der Waals surface area contributed by atoms with Crippen LogP contribution in [0.15, 0.2) is 28.8 Å². The van der Waals surface area contributed by atoms with E-state index in [4.69, 9.17) is 16.0 Å². The van der Waals surface area contributed by atoms with Crippen molar-refractivity contribution in [2.45, 2.75) is 19.2 Å². The van der Waals surface area contributed by atoms with Gasteiger partial charge in [-0.2, -0.15) is 0 Å². The molecule has 1 unspecified atom stereocenters. The van der Waals surface area contributed by atoms with Gasteiger partial charge in [0.05, 0.1) is 16.7 Å². The molecule has 0 aliphatic heterocycles. The molecule has 0 bridgehead atoms. The topological polar surface area (TPSA) is 69.2 Å². The van der Waals surface area contributed by atoms with Crippen LogP contribution in [0.2, 0.25) is 0 Å². The van der Waals surface area contributed by atoms with Crippen molar-refractivity contribution in [3.05, 3.63) is 46.0 Å². The SMILES string of the molecule is Cc1cccc(-c2cnc(C(C)Cl)o2)c1[N+](=O)[O-]. The van der Waals surface area contributed by atoms with Crippen LogP contribution in [0.1, 0.15) is 23.8 Å². The average molecular weight is 267 g/mol. The molecule has 0 fully saturated rings. The monoisotopic (exact) mass is 266 g/mol. The maximum atomic E-state index is 11.1. The van der Waals surface area contributed by atoms with E-state index in [0.29, 0.717) is 22.8 Å². The van der Waals surface area contributed by atoms with E-state index < -0.39 is 4.92 Å². The number of rotatable bonds is 3. The molecule has 6 heteroatoms. The average Bonchev–Trinajstić information content (AvgIpc) is 2.77. The number of hydrogen-bond donors (Lipinski definition) is 0. The highest BCUT2D eigenvalue weighted by Gasteiger charge is 2.21. The Labute approximate surface area is 109 Å². The quantitative estimate of drug-likeness (QED) is 0.480. The van der Waals surface area contributed by atoms with Crippen LogP contribution < -0.4 is 0 Å². The molecule has 0 saturated heterocycles. The predicted molar refractivity (Wildman–Crippen MR) is 67.6 cm³/mol. The standard InChI is InChI=1S/C12H11ClN2O3/c1-7-4-3-5-9(11(7)15(16)17)10-6-14-12(18-10)8(2)13/h3-6,8H,1-2H3. The summed E-state index contributed by atoms with van der Waals surface area (Å²) in [5.74, 6) is 0.704. The first-order valence-electron chi connectivity index (χ1n) is 5.35. The number of hydrogen-bond acceptors (Lipinski definition) is 4. The first-order chi connectivity index (χ1) is 8.50. The molecular weight excluding hydrogens is 256 g/mol. The number of benzene rings is 1. The molecule has 1 heterocycles. The molecule has 18 heavy (non-hydrogen) atoms. The molecule has 5 nitrogen and oxygen atoms in total. The maximum absolute atomic E-state index is 11.1. The lowest BCUT2D eigenvalue weighted by Gasteiger charge is -2.02. The number of nitro benzene ring substituents is 1. The molecule has 2 aromatic rings. The second kappa shape index (κ2) is 4.78. The van der Waals surface area contributed by atoms with Gasteiger partial charge in [-0.3, -0.25) is 10.1 Å². The minimum absolute atomic E-state index is 0.0300. The van der Waals surface area contributed by atoms with Gasteiger partial charge in [-0.25, -0.2) is 4.98 Å². The van der Waals surface area contributed by atoms with Crippen LogP contribution >= 0.6 is 11.6 Å². The van der Waals surface area contributed by atoms with Gasteiger partial charge < -0.3 is 4.42 Å². The van der Waals surface area contributed by atoms with Gasteiger partial charge >= 0.3 is 0 Å². The molecule has 0 radical (unpaired) electrons. The summed E-state index contributed by atoms with van der Waals surface area (Å²) >= 11 is 5.85. The maximum Gasteiger partial charge on any atom is 0.283 e. The van der Waals surface area contributed by atoms with Crippen LogP contribution in [0.4, 0.5) is 5.69 Å². The lowest BCUT2D eigenvalue weighted by atomic mass is 10.1. The summed E-state index contributed by atoms with van der Waals surface area (Å²) in [4.78, 5) is 14.7. The normalized spacial score (nSPS) is 12.4. The van der Waals surface area contributed by atoms with E-state index >= 15 is 0 Å². The van der Waals surface area contributed by atoms with Gasteiger partial charge in [0.25, 0.3) is 5.69 Å². The van der Waals surface area contributed by atoms with Gasteiger partial charge in [0.1, 0.15) is 5.38 Å². The van der Waals surface area contributed by atoms with Crippen molar-refractivity contribution in [3.8, 4) is 11.3 Å². The molecular formula is C12H11ClN2O3. The Morgan fingerprint density at radius 1 is 1.50 bits per heavy atom. The number of nitro groups is 1. The first-order valence-corrected chi connectivity index (χ1v) is 5.78. The Bertz CT molecular complexity index is 593. The lowest BCUT2D eigenvalue weighted by molar-refractivity contribution is -0.384. The van der Waals surface area contributed by atoms with Crippen molar-refractivity contribution in [3.63, 3.8) is 0 Å². The number of oxazole rings is 1. The fraction of sp³-hybridized carbons (Fsp3) is 0.250. The van der Waals surface area contributed by atoms with Crippen LogP contribution in [0.5, 0.6) is 0 Å². The molecule has 0 N–H and O–H groups in total. The van der Waals surface area contributed by atoms with Gasteiger partial charge in [0.15, 0.2) is 5.76 Å². The zero-order valence-corrected chi connectivity index (χ0v) is 10.6. The molecule has 1 atom stereocenters. The smallest absolute Gasteiger partial charge is 0.283 e. The van der Waals surface area contributed by atoms with E-state index in [1.807, 2.05) is 0 Å². The van der Waals surface area contributed by atoms with Crippen LogP contribution in [0.3, 0.4) is 0 Å². The number of aryl methyl sites for hydroxylation is 1. The van der Waals surface area contributed by atoms with E-state index in [-0.39, 0.29) is 11.1 Å². The first kappa shape index (κ1) is 12.6. The van der Waals surface area contributed by atoms with Gasteiger partial charge in [0, 0.05) is 5.56 Å². The van der Waals surface area contributed by atoms with Crippen molar-refractivity contribution in [1.29, 1.82) is 0 Å².